The molecule has 10 heteroatoms. The lowest BCUT2D eigenvalue weighted by Crippen LogP contribution is -2.34. The van der Waals surface area contributed by atoms with Crippen molar-refractivity contribution < 1.29 is 4.79 Å². The predicted octanol–water partition coefficient (Wildman–Crippen LogP) is 3.21. The molecule has 3 fully saturated rings. The predicted molar refractivity (Wildman–Crippen MR) is 128 cm³/mol. The van der Waals surface area contributed by atoms with Gasteiger partial charge in [0.15, 0.2) is 0 Å². The van der Waals surface area contributed by atoms with Crippen LogP contribution in [0.5, 0.6) is 0 Å². The fraction of sp³-hybridized carbons (Fsp3) is 0.435. The molecule has 4 aromatic rings. The van der Waals surface area contributed by atoms with E-state index in [2.05, 4.69) is 47.8 Å². The largest absolute Gasteiger partial charge is 0.340 e. The van der Waals surface area contributed by atoms with Crippen LogP contribution in [0.15, 0.2) is 24.5 Å². The minimum absolute atomic E-state index is 0.0997. The fourth-order valence-corrected chi connectivity index (χ4v) is 8.29. The molecule has 1 N–H and O–H groups in total. The van der Waals surface area contributed by atoms with Crippen molar-refractivity contribution in [3.8, 4) is 0 Å². The summed E-state index contributed by atoms with van der Waals surface area (Å²) in [6, 6.07) is 7.12. The van der Waals surface area contributed by atoms with E-state index in [9.17, 15) is 4.79 Å². The van der Waals surface area contributed by atoms with E-state index in [1.165, 1.54) is 28.4 Å². The van der Waals surface area contributed by atoms with Crippen molar-refractivity contribution in [2.75, 3.05) is 18.9 Å². The number of benzene rings is 1. The summed E-state index contributed by atoms with van der Waals surface area (Å²) < 4.78 is 5.07. The van der Waals surface area contributed by atoms with Crippen molar-refractivity contribution in [2.24, 2.45) is 5.92 Å². The molecule has 1 spiro atoms. The first-order valence-corrected chi connectivity index (χ1v) is 13.0. The van der Waals surface area contributed by atoms with Gasteiger partial charge in [0.1, 0.15) is 22.5 Å². The molecular formula is C23H21N7OS2. The van der Waals surface area contributed by atoms with Gasteiger partial charge < -0.3 is 10.2 Å². The van der Waals surface area contributed by atoms with Crippen LogP contribution in [0, 0.1) is 5.92 Å². The van der Waals surface area contributed by atoms with Crippen LogP contribution in [0.25, 0.3) is 20.4 Å². The number of thiophene rings is 1. The molecule has 4 aliphatic rings. The van der Waals surface area contributed by atoms with Crippen LogP contribution in [0.1, 0.15) is 23.3 Å². The molecule has 0 bridgehead atoms. The summed E-state index contributed by atoms with van der Waals surface area (Å²) in [4.78, 5) is 29.5. The number of carbonyl (C=O) groups excluding carboxylic acids is 1. The first-order valence-electron chi connectivity index (χ1n) is 11.4. The van der Waals surface area contributed by atoms with Crippen LogP contribution in [-0.4, -0.2) is 66.5 Å². The zero-order valence-corrected chi connectivity index (χ0v) is 19.6. The number of amides is 1. The second-order valence-corrected chi connectivity index (χ2v) is 11.7. The Morgan fingerprint density at radius 2 is 2.21 bits per heavy atom. The minimum Gasteiger partial charge on any atom is -0.340 e. The average molecular weight is 476 g/mol. The van der Waals surface area contributed by atoms with Crippen molar-refractivity contribution >= 4 is 60.7 Å². The number of piperazine rings is 1. The van der Waals surface area contributed by atoms with Crippen LogP contribution < -0.4 is 5.32 Å². The molecule has 166 valence electrons. The molecule has 4 atom stereocenters. The third-order valence-corrected chi connectivity index (χ3v) is 9.99. The Morgan fingerprint density at radius 3 is 3.06 bits per heavy atom. The van der Waals surface area contributed by atoms with E-state index in [1.54, 1.807) is 17.7 Å². The summed E-state index contributed by atoms with van der Waals surface area (Å²) >= 11 is 3.11. The van der Waals surface area contributed by atoms with Gasteiger partial charge in [-0.05, 0) is 68.0 Å². The summed E-state index contributed by atoms with van der Waals surface area (Å²) in [7, 11) is 2.19. The van der Waals surface area contributed by atoms with Gasteiger partial charge in [-0.2, -0.15) is 0 Å². The lowest BCUT2D eigenvalue weighted by Gasteiger charge is -2.24. The van der Waals surface area contributed by atoms with E-state index >= 15 is 0 Å². The number of fused-ring (bicyclic) bond motifs is 4. The molecule has 1 unspecified atom stereocenters. The van der Waals surface area contributed by atoms with E-state index < -0.39 is 0 Å². The molecule has 2 aliphatic carbocycles. The molecule has 8 rings (SSSR count). The van der Waals surface area contributed by atoms with E-state index in [0.717, 1.165) is 57.7 Å². The topological polar surface area (TPSA) is 86.9 Å². The minimum atomic E-state index is 0.0997. The molecular weight excluding hydrogens is 454 g/mol. The van der Waals surface area contributed by atoms with Crippen molar-refractivity contribution in [3.05, 3.63) is 35.0 Å². The SMILES string of the molecule is CN1C[C@@H]2N(C(=O)[C@H]3CCc4c(sc5ncnc(Nc6ccc7nnsc7c6)c45)C3)C23C[C@@H]13. The van der Waals surface area contributed by atoms with E-state index in [-0.39, 0.29) is 11.5 Å². The third kappa shape index (κ3) is 2.46. The number of piperidine rings is 1. The Hall–Kier alpha value is -2.69. The molecule has 33 heavy (non-hydrogen) atoms. The first-order chi connectivity index (χ1) is 16.1. The summed E-state index contributed by atoms with van der Waals surface area (Å²) in [5.41, 5.74) is 3.40. The van der Waals surface area contributed by atoms with Crippen LogP contribution in [-0.2, 0) is 17.6 Å². The van der Waals surface area contributed by atoms with Gasteiger partial charge >= 0.3 is 0 Å². The number of aromatic nitrogens is 4. The number of hydrogen-bond acceptors (Lipinski definition) is 9. The van der Waals surface area contributed by atoms with Crippen molar-refractivity contribution in [3.63, 3.8) is 0 Å². The molecule has 5 heterocycles. The highest BCUT2D eigenvalue weighted by molar-refractivity contribution is 7.19. The summed E-state index contributed by atoms with van der Waals surface area (Å²) in [6.07, 6.45) is 5.44. The number of likely N-dealkylation sites (tertiary alicyclic amines) is 1. The Kier molecular flexibility index (Phi) is 3.54. The third-order valence-electron chi connectivity index (χ3n) is 8.14. The van der Waals surface area contributed by atoms with Crippen molar-refractivity contribution in [2.45, 2.75) is 43.3 Å². The standard InChI is InChI=1S/C23H21N7OS2/c1-29-9-18-23(8-17(23)29)30(18)22(31)11-2-4-13-15(6-11)32-21-19(13)20(24-10-25-21)26-12-3-5-14-16(7-12)33-28-27-14/h3,5,7,10-11,17-18H,2,4,6,8-9H2,1H3,(H,24,25,26)/t11-,17+,18-,23?,30?/m0/s1. The van der Waals surface area contributed by atoms with Gasteiger partial charge in [0.05, 0.1) is 21.7 Å². The molecule has 2 saturated heterocycles. The highest BCUT2D eigenvalue weighted by atomic mass is 32.1. The van der Waals surface area contributed by atoms with Gasteiger partial charge in [0, 0.05) is 29.1 Å². The van der Waals surface area contributed by atoms with Crippen LogP contribution in [0.4, 0.5) is 11.5 Å². The normalized spacial score (nSPS) is 29.7. The number of nitrogens with zero attached hydrogens (tertiary/aromatic N) is 6. The monoisotopic (exact) mass is 475 g/mol. The number of nitrogens with one attached hydrogen (secondary N) is 1. The van der Waals surface area contributed by atoms with Crippen LogP contribution >= 0.6 is 22.9 Å². The highest BCUT2D eigenvalue weighted by Gasteiger charge is 2.84. The molecule has 0 radical (unpaired) electrons. The quantitative estimate of drug-likeness (QED) is 0.455. The Morgan fingerprint density at radius 1 is 1.27 bits per heavy atom. The van der Waals surface area contributed by atoms with Crippen LogP contribution in [0.2, 0.25) is 0 Å². The van der Waals surface area contributed by atoms with Gasteiger partial charge in [-0.3, -0.25) is 9.69 Å². The number of likely N-dealkylation sites (N-methyl/N-ethyl adjacent to an activating group) is 1. The summed E-state index contributed by atoms with van der Waals surface area (Å²) in [6.45, 7) is 1.05. The van der Waals surface area contributed by atoms with Crippen LogP contribution in [0.3, 0.4) is 0 Å². The zero-order valence-electron chi connectivity index (χ0n) is 18.0. The number of carbonyl (C=O) groups is 1. The Bertz CT molecular complexity index is 1480. The van der Waals surface area contributed by atoms with E-state index in [4.69, 9.17) is 0 Å². The molecule has 1 amide bonds. The summed E-state index contributed by atoms with van der Waals surface area (Å²) in [5, 5.41) is 8.72. The average Bonchev–Trinajstić information content (AvgIpc) is 3.48. The molecule has 1 saturated carbocycles. The van der Waals surface area contributed by atoms with Gasteiger partial charge in [-0.25, -0.2) is 9.97 Å². The number of hydrogen-bond donors (Lipinski definition) is 1. The first kappa shape index (κ1) is 18.7. The lowest BCUT2D eigenvalue weighted by molar-refractivity contribution is -0.131. The zero-order chi connectivity index (χ0) is 21.9. The number of anilines is 2. The highest BCUT2D eigenvalue weighted by Crippen LogP contribution is 2.67. The number of rotatable bonds is 3. The fourth-order valence-electron chi connectivity index (χ4n) is 6.42. The van der Waals surface area contributed by atoms with Gasteiger partial charge in [-0.1, -0.05) is 4.49 Å². The second kappa shape index (κ2) is 6.25. The molecule has 1 aromatic carbocycles. The summed E-state index contributed by atoms with van der Waals surface area (Å²) in [5.74, 6) is 1.32. The van der Waals surface area contributed by atoms with Crippen molar-refractivity contribution in [1.29, 1.82) is 0 Å². The maximum Gasteiger partial charge on any atom is 0.227 e. The second-order valence-electron chi connectivity index (χ2n) is 9.80. The van der Waals surface area contributed by atoms with Gasteiger partial charge in [0.25, 0.3) is 0 Å². The maximum atomic E-state index is 13.4. The lowest BCUT2D eigenvalue weighted by atomic mass is 9.87. The van der Waals surface area contributed by atoms with Crippen molar-refractivity contribution in [1.82, 2.24) is 29.4 Å². The Balaban J connectivity index is 1.09. The molecule has 8 nitrogen and oxygen atoms in total. The maximum absolute atomic E-state index is 13.4. The van der Waals surface area contributed by atoms with E-state index in [1.807, 2.05) is 12.1 Å². The van der Waals surface area contributed by atoms with Gasteiger partial charge in [-0.15, -0.1) is 16.4 Å². The van der Waals surface area contributed by atoms with E-state index in [0.29, 0.717) is 18.0 Å². The van der Waals surface area contributed by atoms with Gasteiger partial charge in [0.2, 0.25) is 5.91 Å². The smallest absolute Gasteiger partial charge is 0.227 e. The number of aryl methyl sites for hydroxylation is 1. The molecule has 3 aromatic heterocycles. The Labute approximate surface area is 197 Å². The molecule has 2 aliphatic heterocycles.